The van der Waals surface area contributed by atoms with E-state index >= 15 is 0 Å². The van der Waals surface area contributed by atoms with Crippen LogP contribution < -0.4 is 0 Å². The number of hydrogen-bond acceptors (Lipinski definition) is 0. The van der Waals surface area contributed by atoms with Crippen LogP contribution in [0.3, 0.4) is 0 Å². The number of aryl methyl sites for hydroxylation is 9. The van der Waals surface area contributed by atoms with E-state index in [2.05, 4.69) is 318 Å². The fourth-order valence-electron chi connectivity index (χ4n) is 15.8. The van der Waals surface area contributed by atoms with Gasteiger partial charge in [-0.15, -0.1) is 12.8 Å². The van der Waals surface area contributed by atoms with Crippen LogP contribution in [0.2, 0.25) is 0 Å². The summed E-state index contributed by atoms with van der Waals surface area (Å²) in [5.74, 6) is 20.6. The summed E-state index contributed by atoms with van der Waals surface area (Å²) in [5.41, 5.74) is 51.6. The lowest BCUT2D eigenvalue weighted by atomic mass is 9.78. The van der Waals surface area contributed by atoms with Crippen LogP contribution in [0.15, 0.2) is 140 Å². The molecule has 11 aromatic rings. The first-order valence-corrected chi connectivity index (χ1v) is 37.3. The Hall–Kier alpha value is -10.5. The normalized spacial score (nSPS) is 11.8. The molecule has 0 bridgehead atoms. The molecule has 4 nitrogen and oxygen atoms in total. The number of benzene rings is 11. The summed E-state index contributed by atoms with van der Waals surface area (Å²) in [6.45, 7) is 46.6. The molecule has 0 heterocycles. The molecule has 0 N–H and O–H groups in total. The van der Waals surface area contributed by atoms with Crippen LogP contribution in [0.1, 0.15) is 256 Å². The molecule has 0 fully saturated rings. The minimum absolute atomic E-state index is 0.0549. The average Bonchev–Trinajstić information content (AvgIpc) is 0.724. The average molecular weight is 1360 g/mol. The van der Waals surface area contributed by atoms with Crippen LogP contribution in [0, 0.1) is 104 Å². The molecule has 0 saturated heterocycles. The molecule has 11 aromatic carbocycles. The van der Waals surface area contributed by atoms with Crippen molar-refractivity contribution in [2.75, 3.05) is 0 Å². The van der Waals surface area contributed by atoms with Gasteiger partial charge in [0, 0.05) is 33.4 Å². The van der Waals surface area contributed by atoms with Crippen molar-refractivity contribution in [2.45, 2.75) is 212 Å². The van der Waals surface area contributed by atoms with Crippen LogP contribution in [0.25, 0.3) is 76.4 Å². The Labute approximate surface area is 621 Å². The summed E-state index contributed by atoms with van der Waals surface area (Å²) in [7, 11) is 0. The minimum Gasteiger partial charge on any atom is -0.361 e. The zero-order valence-electron chi connectivity index (χ0n) is 65.7. The lowest BCUT2D eigenvalue weighted by Crippen LogP contribution is -2.16. The van der Waals surface area contributed by atoms with Crippen LogP contribution in [-0.2, 0) is 28.1 Å². The first kappa shape index (κ1) is 74.6. The quantitative estimate of drug-likeness (QED) is 0.0276. The number of hydrogen-bond donors (Lipinski definition) is 0. The maximum absolute atomic E-state index is 11.7. The second-order valence-electron chi connectivity index (χ2n) is 33.6. The molecule has 0 aliphatic heterocycles. The van der Waals surface area contributed by atoms with Gasteiger partial charge in [-0.2, -0.15) is 9.58 Å². The van der Waals surface area contributed by atoms with Crippen molar-refractivity contribution in [3.8, 4) is 70.6 Å². The number of unbranched alkanes of at least 4 members (excludes halogenated alkanes) is 5. The maximum atomic E-state index is 11.7. The minimum atomic E-state index is -0.0995. The van der Waals surface area contributed by atoms with Gasteiger partial charge in [0.1, 0.15) is 0 Å². The molecule has 0 amide bonds. The molecule has 0 aromatic heterocycles. The van der Waals surface area contributed by atoms with Crippen molar-refractivity contribution in [1.29, 1.82) is 0 Å². The highest BCUT2D eigenvalue weighted by molar-refractivity contribution is 6.31. The van der Waals surface area contributed by atoms with Crippen molar-refractivity contribution < 1.29 is 9.58 Å². The SMILES string of the molecule is C#Cc1ccc2c(-c3c(C)cc(C(C)(C)C)cc3C)c3ccc(C#Cc4cc(C#Cc5ccc6c(-c7c(C)cc(C(C)(C)C)cc7C)c7ccc(C#C)cc7c(C(=[N+]=[N-])c7c(C)cc(C(C)(C)C)cc7C)c6c5)cc(CCCCCCCC)c4)cc3c(C(=[N+]=[N-])c3c(C)cc(C(C)(C)C)cc3C)c2c1. The molecule has 4 heteroatoms. The van der Waals surface area contributed by atoms with Crippen molar-refractivity contribution in [1.82, 2.24) is 0 Å². The van der Waals surface area contributed by atoms with E-state index in [-0.39, 0.29) is 21.7 Å². The van der Waals surface area contributed by atoms with Gasteiger partial charge >= 0.3 is 11.4 Å². The molecule has 104 heavy (non-hydrogen) atoms. The highest BCUT2D eigenvalue weighted by Crippen LogP contribution is 2.48. The number of terminal acetylenes is 2. The predicted octanol–water partition coefficient (Wildman–Crippen LogP) is 25.1. The van der Waals surface area contributed by atoms with E-state index in [1.165, 1.54) is 75.8 Å². The lowest BCUT2D eigenvalue weighted by Gasteiger charge is -2.24. The second-order valence-corrected chi connectivity index (χ2v) is 33.6. The highest BCUT2D eigenvalue weighted by atomic mass is 14.9. The predicted molar refractivity (Wildman–Crippen MR) is 444 cm³/mol. The maximum Gasteiger partial charge on any atom is 0.331 e. The van der Waals surface area contributed by atoms with E-state index in [9.17, 15) is 11.1 Å². The van der Waals surface area contributed by atoms with Crippen LogP contribution in [0.5, 0.6) is 0 Å². The Morgan fingerprint density at radius 1 is 0.308 bits per heavy atom. The Morgan fingerprint density at radius 2 is 0.587 bits per heavy atom. The van der Waals surface area contributed by atoms with Crippen LogP contribution >= 0.6 is 0 Å². The molecule has 0 radical (unpaired) electrons. The molecule has 0 aliphatic carbocycles. The molecular formula is C100H102N4. The summed E-state index contributed by atoms with van der Waals surface area (Å²) in [6, 6.07) is 50.5. The van der Waals surface area contributed by atoms with Gasteiger partial charge in [0.25, 0.3) is 0 Å². The Morgan fingerprint density at radius 3 is 0.885 bits per heavy atom. The summed E-state index contributed by atoms with van der Waals surface area (Å²) < 4.78 is 0. The highest BCUT2D eigenvalue weighted by Gasteiger charge is 2.33. The van der Waals surface area contributed by atoms with Gasteiger partial charge in [0.05, 0.1) is 22.3 Å². The number of rotatable bonds is 13. The molecule has 0 unspecified atom stereocenters. The molecule has 0 spiro atoms. The molecule has 11 rings (SSSR count). The molecule has 0 saturated carbocycles. The summed E-state index contributed by atoms with van der Waals surface area (Å²) in [6.07, 6.45) is 20.6. The van der Waals surface area contributed by atoms with Gasteiger partial charge in [0.15, 0.2) is 0 Å². The van der Waals surface area contributed by atoms with Gasteiger partial charge < -0.3 is 11.1 Å². The van der Waals surface area contributed by atoms with E-state index in [1.807, 2.05) is 12.1 Å². The van der Waals surface area contributed by atoms with E-state index < -0.39 is 0 Å². The van der Waals surface area contributed by atoms with E-state index in [0.29, 0.717) is 11.4 Å². The van der Waals surface area contributed by atoms with E-state index in [0.717, 1.165) is 162 Å². The molecule has 522 valence electrons. The van der Waals surface area contributed by atoms with Crippen molar-refractivity contribution in [3.05, 3.63) is 279 Å². The monoisotopic (exact) mass is 1360 g/mol. The summed E-state index contributed by atoms with van der Waals surface area (Å²) in [4.78, 5) is 8.61. The first-order chi connectivity index (χ1) is 49.2. The Balaban J connectivity index is 1.14. The standard InChI is InChI=1S/C100H102N4/c1-24-27-28-29-30-31-32-72-53-73(35-33-70-39-43-81-85(58-70)93(95(103-101)89-64(8)49-77(50-65(89)9)99(18,19)20)83-56-68(25-2)37-41-79(83)91(81)87-60(4)45-75(46-61(87)5)97(12,13)14)55-74(54-72)36-34-71-40-44-82-86(59-71)94(96(104-102)90-66(10)51-78(52-67(90)11)100(21,22)23)84-57-69(26-3)38-42-80(84)92(82)88-62(6)47-76(48-63(88)7)98(15,16)17/h2-3,37-59H,24,27-32H2,1,4-23H3. The smallest absolute Gasteiger partial charge is 0.331 e. The summed E-state index contributed by atoms with van der Waals surface area (Å²) >= 11 is 0. The largest absolute Gasteiger partial charge is 0.361 e. The van der Waals surface area contributed by atoms with Crippen molar-refractivity contribution in [3.63, 3.8) is 0 Å². The van der Waals surface area contributed by atoms with E-state index in [4.69, 9.17) is 12.8 Å². The van der Waals surface area contributed by atoms with Gasteiger partial charge in [0.2, 0.25) is 0 Å². The van der Waals surface area contributed by atoms with Crippen molar-refractivity contribution >= 4 is 54.5 Å². The number of nitrogens with zero attached hydrogens (tertiary/aromatic N) is 4. The zero-order chi connectivity index (χ0) is 75.2. The van der Waals surface area contributed by atoms with Gasteiger partial charge in [-0.3, -0.25) is 0 Å². The Bertz CT molecular complexity index is 5260. The topological polar surface area (TPSA) is 72.8 Å². The second kappa shape index (κ2) is 29.3. The van der Waals surface area contributed by atoms with E-state index in [1.54, 1.807) is 0 Å². The molecular weight excluding hydrogens is 1260 g/mol. The van der Waals surface area contributed by atoms with Crippen molar-refractivity contribution in [2.24, 2.45) is 0 Å². The van der Waals surface area contributed by atoms with Gasteiger partial charge in [-0.1, -0.05) is 230 Å². The zero-order valence-corrected chi connectivity index (χ0v) is 65.7. The molecule has 0 atom stereocenters. The third-order valence-corrected chi connectivity index (χ3v) is 21.3. The number of fused-ring (bicyclic) bond motifs is 4. The first-order valence-electron chi connectivity index (χ1n) is 37.3. The van der Waals surface area contributed by atoms with Crippen LogP contribution in [-0.4, -0.2) is 21.0 Å². The third-order valence-electron chi connectivity index (χ3n) is 21.3. The third kappa shape index (κ3) is 15.0. The Kier molecular flexibility index (Phi) is 21.0. The molecule has 0 aliphatic rings. The lowest BCUT2D eigenvalue weighted by molar-refractivity contribution is -0.00310. The van der Waals surface area contributed by atoms with Crippen LogP contribution in [0.4, 0.5) is 0 Å². The summed E-state index contributed by atoms with van der Waals surface area (Å²) in [5, 5.41) is 7.67. The fourth-order valence-corrected chi connectivity index (χ4v) is 15.8. The van der Waals surface area contributed by atoms with Gasteiger partial charge in [-0.05, 0) is 294 Å². The fraction of sp³-hybridized carbons (Fsp3) is 0.320. The van der Waals surface area contributed by atoms with Gasteiger partial charge in [-0.25, -0.2) is 0 Å².